The molecule has 116 valence electrons. The second-order valence-electron chi connectivity index (χ2n) is 4.24. The molecule has 1 atom stereocenters. The Morgan fingerprint density at radius 1 is 1.33 bits per heavy atom. The number of carbonyl (C=O) groups is 2. The van der Waals surface area contributed by atoms with Gasteiger partial charge in [0.2, 0.25) is 0 Å². The van der Waals surface area contributed by atoms with Gasteiger partial charge in [-0.25, -0.2) is 4.79 Å². The van der Waals surface area contributed by atoms with Crippen molar-refractivity contribution in [2.75, 3.05) is 6.61 Å². The van der Waals surface area contributed by atoms with Crippen LogP contribution in [0.2, 0.25) is 0 Å². The van der Waals surface area contributed by atoms with E-state index in [-0.39, 0.29) is 12.4 Å². The van der Waals surface area contributed by atoms with E-state index in [1.54, 1.807) is 0 Å². The summed E-state index contributed by atoms with van der Waals surface area (Å²) in [6, 6.07) is 2.53. The number of hydrogen-bond acceptors (Lipinski definition) is 4. The summed E-state index contributed by atoms with van der Waals surface area (Å²) < 4.78 is 48.1. The highest BCUT2D eigenvalue weighted by Gasteiger charge is 2.35. The third kappa shape index (κ3) is 4.97. The maximum atomic E-state index is 12.8. The normalized spacial score (nSPS) is 12.6. The molecule has 0 radical (unpaired) electrons. The van der Waals surface area contributed by atoms with Crippen LogP contribution in [0.25, 0.3) is 0 Å². The fraction of sp³-hybridized carbons (Fsp3) is 0.385. The van der Waals surface area contributed by atoms with Crippen LogP contribution in [0.3, 0.4) is 0 Å². The van der Waals surface area contributed by atoms with Crippen LogP contribution in [0.1, 0.15) is 29.8 Å². The van der Waals surface area contributed by atoms with Crippen molar-refractivity contribution in [2.45, 2.75) is 26.1 Å². The van der Waals surface area contributed by atoms with Crippen LogP contribution >= 0.6 is 0 Å². The Morgan fingerprint density at radius 2 is 1.95 bits per heavy atom. The second-order valence-corrected chi connectivity index (χ2v) is 4.24. The SMILES string of the molecule is CC(=O)O[C@@H](C)COc1ccc(C(=O)O)c(C(F)(F)F)c1. The molecule has 21 heavy (non-hydrogen) atoms. The zero-order valence-corrected chi connectivity index (χ0v) is 11.2. The Morgan fingerprint density at radius 3 is 2.43 bits per heavy atom. The number of halogens is 3. The number of benzene rings is 1. The van der Waals surface area contributed by atoms with E-state index in [9.17, 15) is 22.8 Å². The minimum absolute atomic E-state index is 0.150. The molecular weight excluding hydrogens is 293 g/mol. The van der Waals surface area contributed by atoms with E-state index in [1.807, 2.05) is 0 Å². The number of aromatic carboxylic acids is 1. The van der Waals surface area contributed by atoms with Crippen molar-refractivity contribution in [3.05, 3.63) is 29.3 Å². The van der Waals surface area contributed by atoms with Crippen LogP contribution in [-0.4, -0.2) is 29.8 Å². The van der Waals surface area contributed by atoms with Crippen LogP contribution in [-0.2, 0) is 15.7 Å². The molecule has 0 heterocycles. The van der Waals surface area contributed by atoms with E-state index in [0.29, 0.717) is 6.07 Å². The Bertz CT molecular complexity index is 539. The lowest BCUT2D eigenvalue weighted by Gasteiger charge is -2.15. The minimum Gasteiger partial charge on any atom is -0.490 e. The first-order valence-electron chi connectivity index (χ1n) is 5.86. The Labute approximate surface area is 118 Å². The van der Waals surface area contributed by atoms with Crippen molar-refractivity contribution in [1.82, 2.24) is 0 Å². The quantitative estimate of drug-likeness (QED) is 0.847. The predicted octanol–water partition coefficient (Wildman–Crippen LogP) is 2.73. The number of carbonyl (C=O) groups excluding carboxylic acids is 1. The number of hydrogen-bond donors (Lipinski definition) is 1. The first kappa shape index (κ1) is 16.8. The molecule has 0 aromatic heterocycles. The van der Waals surface area contributed by atoms with Gasteiger partial charge in [0.25, 0.3) is 0 Å². The third-order valence-corrected chi connectivity index (χ3v) is 2.38. The largest absolute Gasteiger partial charge is 0.490 e. The van der Waals surface area contributed by atoms with Gasteiger partial charge in [0, 0.05) is 6.92 Å². The molecule has 1 N–H and O–H groups in total. The molecule has 0 spiro atoms. The van der Waals surface area contributed by atoms with Gasteiger partial charge in [-0.2, -0.15) is 13.2 Å². The molecule has 8 heteroatoms. The lowest BCUT2D eigenvalue weighted by Crippen LogP contribution is -2.21. The molecule has 5 nitrogen and oxygen atoms in total. The summed E-state index contributed by atoms with van der Waals surface area (Å²) in [7, 11) is 0. The van der Waals surface area contributed by atoms with Crippen LogP contribution in [0.15, 0.2) is 18.2 Å². The van der Waals surface area contributed by atoms with Gasteiger partial charge in [-0.3, -0.25) is 4.79 Å². The summed E-state index contributed by atoms with van der Waals surface area (Å²) in [6.45, 7) is 2.56. The number of carboxylic acids is 1. The van der Waals surface area contributed by atoms with Crippen molar-refractivity contribution in [2.24, 2.45) is 0 Å². The molecule has 0 aliphatic rings. The molecule has 0 amide bonds. The molecule has 0 bridgehead atoms. The van der Waals surface area contributed by atoms with Crippen molar-refractivity contribution >= 4 is 11.9 Å². The summed E-state index contributed by atoms with van der Waals surface area (Å²) in [5.74, 6) is -2.38. The molecular formula is C13H13F3O5. The van der Waals surface area contributed by atoms with Crippen molar-refractivity contribution in [1.29, 1.82) is 0 Å². The molecule has 1 aromatic carbocycles. The summed E-state index contributed by atoms with van der Waals surface area (Å²) in [5, 5.41) is 8.74. The van der Waals surface area contributed by atoms with Gasteiger partial charge in [-0.1, -0.05) is 0 Å². The Kier molecular flexibility index (Phi) is 5.17. The van der Waals surface area contributed by atoms with Gasteiger partial charge in [0.15, 0.2) is 0 Å². The minimum atomic E-state index is -4.81. The van der Waals surface area contributed by atoms with Crippen LogP contribution in [0.5, 0.6) is 5.75 Å². The molecule has 0 fully saturated rings. The van der Waals surface area contributed by atoms with Crippen molar-refractivity contribution in [3.8, 4) is 5.75 Å². The van der Waals surface area contributed by atoms with E-state index in [4.69, 9.17) is 14.6 Å². The molecule has 0 unspecified atom stereocenters. The molecule has 1 rings (SSSR count). The zero-order chi connectivity index (χ0) is 16.2. The fourth-order valence-electron chi connectivity index (χ4n) is 1.57. The topological polar surface area (TPSA) is 72.8 Å². The number of ether oxygens (including phenoxy) is 2. The standard InChI is InChI=1S/C13H13F3O5/c1-7(21-8(2)17)6-20-9-3-4-10(12(18)19)11(5-9)13(14,15)16/h3-5,7H,6H2,1-2H3,(H,18,19)/t7-/m0/s1. The van der Waals surface area contributed by atoms with Crippen LogP contribution in [0.4, 0.5) is 13.2 Å². The zero-order valence-electron chi connectivity index (χ0n) is 11.2. The predicted molar refractivity (Wildman–Crippen MR) is 65.1 cm³/mol. The lowest BCUT2D eigenvalue weighted by atomic mass is 10.1. The Balaban J connectivity index is 2.91. The highest BCUT2D eigenvalue weighted by atomic mass is 19.4. The first-order valence-corrected chi connectivity index (χ1v) is 5.86. The van der Waals surface area contributed by atoms with E-state index in [0.717, 1.165) is 12.1 Å². The summed E-state index contributed by atoms with van der Waals surface area (Å²) in [5.41, 5.74) is -2.16. The maximum Gasteiger partial charge on any atom is 0.417 e. The van der Waals surface area contributed by atoms with E-state index < -0.39 is 35.3 Å². The summed E-state index contributed by atoms with van der Waals surface area (Å²) in [6.07, 6.45) is -5.45. The summed E-state index contributed by atoms with van der Waals surface area (Å²) in [4.78, 5) is 21.4. The monoisotopic (exact) mass is 306 g/mol. The average molecular weight is 306 g/mol. The number of carboxylic acid groups (broad SMARTS) is 1. The number of esters is 1. The van der Waals surface area contributed by atoms with Crippen molar-refractivity contribution in [3.63, 3.8) is 0 Å². The number of alkyl halides is 3. The first-order chi connectivity index (χ1) is 9.61. The smallest absolute Gasteiger partial charge is 0.417 e. The highest BCUT2D eigenvalue weighted by Crippen LogP contribution is 2.34. The van der Waals surface area contributed by atoms with Crippen LogP contribution < -0.4 is 4.74 Å². The van der Waals surface area contributed by atoms with E-state index in [2.05, 4.69) is 0 Å². The van der Waals surface area contributed by atoms with Gasteiger partial charge in [0.1, 0.15) is 18.5 Å². The van der Waals surface area contributed by atoms with Gasteiger partial charge in [-0.15, -0.1) is 0 Å². The van der Waals surface area contributed by atoms with Gasteiger partial charge < -0.3 is 14.6 Å². The van der Waals surface area contributed by atoms with Gasteiger partial charge >= 0.3 is 18.1 Å². The van der Waals surface area contributed by atoms with Crippen LogP contribution in [0, 0.1) is 0 Å². The van der Waals surface area contributed by atoms with E-state index >= 15 is 0 Å². The third-order valence-electron chi connectivity index (χ3n) is 2.38. The van der Waals surface area contributed by atoms with Gasteiger partial charge in [0.05, 0.1) is 11.1 Å². The maximum absolute atomic E-state index is 12.8. The highest BCUT2D eigenvalue weighted by molar-refractivity contribution is 5.89. The Hall–Kier alpha value is -2.25. The van der Waals surface area contributed by atoms with E-state index in [1.165, 1.54) is 13.8 Å². The number of rotatable bonds is 5. The molecule has 0 aliphatic carbocycles. The molecule has 0 saturated carbocycles. The van der Waals surface area contributed by atoms with Gasteiger partial charge in [-0.05, 0) is 25.1 Å². The van der Waals surface area contributed by atoms with Crippen molar-refractivity contribution < 1.29 is 37.3 Å². The average Bonchev–Trinajstić information content (AvgIpc) is 2.34. The summed E-state index contributed by atoms with van der Waals surface area (Å²) >= 11 is 0. The second kappa shape index (κ2) is 6.47. The fourth-order valence-corrected chi connectivity index (χ4v) is 1.57. The molecule has 1 aromatic rings. The molecule has 0 aliphatic heterocycles. The molecule has 0 saturated heterocycles. The lowest BCUT2D eigenvalue weighted by molar-refractivity contribution is -0.146.